The fraction of sp³-hybridized carbons (Fsp3) is 0.650. The van der Waals surface area contributed by atoms with Gasteiger partial charge in [-0.15, -0.1) is 0 Å². The molecule has 2 aliphatic rings. The van der Waals surface area contributed by atoms with Crippen LogP contribution in [0, 0.1) is 5.92 Å². The summed E-state index contributed by atoms with van der Waals surface area (Å²) in [5.41, 5.74) is 0.737. The number of hydrogen-bond donors (Lipinski definition) is 1. The number of benzene rings is 1. The minimum absolute atomic E-state index is 0.180. The molecule has 0 radical (unpaired) electrons. The van der Waals surface area contributed by atoms with Crippen LogP contribution in [0.25, 0.3) is 0 Å². The van der Waals surface area contributed by atoms with Gasteiger partial charge in [-0.25, -0.2) is 0 Å². The number of piperidine rings is 1. The van der Waals surface area contributed by atoms with Crippen LogP contribution in [0.5, 0.6) is 5.75 Å². The molecule has 1 aromatic rings. The lowest BCUT2D eigenvalue weighted by Crippen LogP contribution is -2.51. The molecular weight excluding hydrogens is 302 g/mol. The smallest absolute Gasteiger partial charge is 0.233 e. The number of carbonyl (C=O) groups excluding carboxylic acids is 1. The Kier molecular flexibility index (Phi) is 5.44. The number of likely N-dealkylation sites (tertiary alicyclic amines) is 1. The molecule has 24 heavy (non-hydrogen) atoms. The standard InChI is InChI=1S/C20H29NO3/c1-24-18-9-7-17(8-10-18)20(11-3-2-4-12-20)19(23)21-13-5-6-16(14-21)15-22/h7-10,16,22H,2-6,11-15H2,1H3. The molecule has 4 nitrogen and oxygen atoms in total. The summed E-state index contributed by atoms with van der Waals surface area (Å²) >= 11 is 0. The number of rotatable bonds is 4. The van der Waals surface area contributed by atoms with Gasteiger partial charge in [-0.05, 0) is 49.3 Å². The second kappa shape index (κ2) is 7.56. The highest BCUT2D eigenvalue weighted by molar-refractivity contribution is 5.88. The molecule has 1 aromatic carbocycles. The molecule has 1 atom stereocenters. The summed E-state index contributed by atoms with van der Waals surface area (Å²) in [6.07, 6.45) is 7.30. The predicted octanol–water partition coefficient (Wildman–Crippen LogP) is 3.13. The van der Waals surface area contributed by atoms with Crippen molar-refractivity contribution in [1.29, 1.82) is 0 Å². The first kappa shape index (κ1) is 17.3. The van der Waals surface area contributed by atoms with E-state index in [0.717, 1.165) is 56.4 Å². The Morgan fingerprint density at radius 2 is 1.92 bits per heavy atom. The lowest BCUT2D eigenvalue weighted by atomic mass is 9.68. The molecule has 1 aliphatic carbocycles. The second-order valence-electron chi connectivity index (χ2n) is 7.31. The van der Waals surface area contributed by atoms with E-state index in [4.69, 9.17) is 4.74 Å². The number of carbonyl (C=O) groups is 1. The molecule has 1 aliphatic heterocycles. The summed E-state index contributed by atoms with van der Waals surface area (Å²) in [7, 11) is 1.67. The molecular formula is C20H29NO3. The van der Waals surface area contributed by atoms with Gasteiger partial charge in [-0.1, -0.05) is 31.4 Å². The summed E-state index contributed by atoms with van der Waals surface area (Å²) in [6.45, 7) is 1.71. The van der Waals surface area contributed by atoms with Crippen molar-refractivity contribution < 1.29 is 14.6 Å². The van der Waals surface area contributed by atoms with Crippen LogP contribution >= 0.6 is 0 Å². The van der Waals surface area contributed by atoms with Gasteiger partial charge in [-0.2, -0.15) is 0 Å². The average molecular weight is 331 g/mol. The van der Waals surface area contributed by atoms with E-state index >= 15 is 0 Å². The lowest BCUT2D eigenvalue weighted by Gasteiger charge is -2.42. The molecule has 1 unspecified atom stereocenters. The summed E-state index contributed by atoms with van der Waals surface area (Å²) in [5, 5.41) is 9.49. The Hall–Kier alpha value is -1.55. The average Bonchev–Trinajstić information content (AvgIpc) is 2.68. The van der Waals surface area contributed by atoms with E-state index in [0.29, 0.717) is 6.54 Å². The van der Waals surface area contributed by atoms with Gasteiger partial charge in [0.15, 0.2) is 0 Å². The molecule has 1 saturated carbocycles. The van der Waals surface area contributed by atoms with Crippen LogP contribution < -0.4 is 4.74 Å². The number of nitrogens with zero attached hydrogens (tertiary/aromatic N) is 1. The number of hydrogen-bond acceptors (Lipinski definition) is 3. The first-order valence-electron chi connectivity index (χ1n) is 9.24. The van der Waals surface area contributed by atoms with E-state index in [1.165, 1.54) is 6.42 Å². The third kappa shape index (κ3) is 3.30. The number of aliphatic hydroxyl groups is 1. The summed E-state index contributed by atoms with van der Waals surface area (Å²) in [4.78, 5) is 15.5. The van der Waals surface area contributed by atoms with E-state index in [-0.39, 0.29) is 23.8 Å². The van der Waals surface area contributed by atoms with E-state index in [1.54, 1.807) is 7.11 Å². The quantitative estimate of drug-likeness (QED) is 0.922. The SMILES string of the molecule is COc1ccc(C2(C(=O)N3CCCC(CO)C3)CCCCC2)cc1. The maximum Gasteiger partial charge on any atom is 0.233 e. The van der Waals surface area contributed by atoms with Gasteiger partial charge in [0.25, 0.3) is 0 Å². The Labute approximate surface area is 144 Å². The van der Waals surface area contributed by atoms with Crippen LogP contribution in [-0.2, 0) is 10.2 Å². The number of methoxy groups -OCH3 is 1. The minimum atomic E-state index is -0.387. The maximum absolute atomic E-state index is 13.5. The first-order chi connectivity index (χ1) is 11.7. The topological polar surface area (TPSA) is 49.8 Å². The van der Waals surface area contributed by atoms with Crippen LogP contribution in [0.2, 0.25) is 0 Å². The van der Waals surface area contributed by atoms with E-state index < -0.39 is 0 Å². The zero-order valence-corrected chi connectivity index (χ0v) is 14.7. The summed E-state index contributed by atoms with van der Waals surface area (Å²) in [5.74, 6) is 1.33. The fourth-order valence-electron chi connectivity index (χ4n) is 4.39. The monoisotopic (exact) mass is 331 g/mol. The van der Waals surface area contributed by atoms with Crippen LogP contribution in [-0.4, -0.2) is 42.7 Å². The Bertz CT molecular complexity index is 549. The zero-order valence-electron chi connectivity index (χ0n) is 14.7. The number of ether oxygens (including phenoxy) is 1. The van der Waals surface area contributed by atoms with Crippen molar-refractivity contribution in [2.24, 2.45) is 5.92 Å². The third-order valence-electron chi connectivity index (χ3n) is 5.82. The molecule has 0 bridgehead atoms. The van der Waals surface area contributed by atoms with Gasteiger partial charge >= 0.3 is 0 Å². The predicted molar refractivity (Wildman–Crippen MR) is 94.1 cm³/mol. The maximum atomic E-state index is 13.5. The lowest BCUT2D eigenvalue weighted by molar-refractivity contribution is -0.141. The Morgan fingerprint density at radius 1 is 1.21 bits per heavy atom. The van der Waals surface area contributed by atoms with Crippen molar-refractivity contribution in [3.05, 3.63) is 29.8 Å². The van der Waals surface area contributed by atoms with Crippen LogP contribution in [0.1, 0.15) is 50.5 Å². The highest BCUT2D eigenvalue weighted by Crippen LogP contribution is 2.42. The van der Waals surface area contributed by atoms with Crippen molar-refractivity contribution in [1.82, 2.24) is 4.90 Å². The van der Waals surface area contributed by atoms with E-state index in [2.05, 4.69) is 12.1 Å². The first-order valence-corrected chi connectivity index (χ1v) is 9.24. The fourth-order valence-corrected chi connectivity index (χ4v) is 4.39. The van der Waals surface area contributed by atoms with Gasteiger partial charge in [-0.3, -0.25) is 4.79 Å². The van der Waals surface area contributed by atoms with Gasteiger partial charge in [0, 0.05) is 19.7 Å². The van der Waals surface area contributed by atoms with Crippen LogP contribution in [0.4, 0.5) is 0 Å². The largest absolute Gasteiger partial charge is 0.497 e. The normalized spacial score (nSPS) is 23.8. The molecule has 1 saturated heterocycles. The van der Waals surface area contributed by atoms with Gasteiger partial charge in [0.1, 0.15) is 5.75 Å². The second-order valence-corrected chi connectivity index (χ2v) is 7.31. The molecule has 2 fully saturated rings. The molecule has 0 aromatic heterocycles. The Balaban J connectivity index is 1.88. The molecule has 1 N–H and O–H groups in total. The van der Waals surface area contributed by atoms with Crippen LogP contribution in [0.3, 0.4) is 0 Å². The summed E-state index contributed by atoms with van der Waals surface area (Å²) in [6, 6.07) is 8.06. The molecule has 132 valence electrons. The Morgan fingerprint density at radius 3 is 2.54 bits per heavy atom. The van der Waals surface area contributed by atoms with E-state index in [1.807, 2.05) is 17.0 Å². The summed E-state index contributed by atoms with van der Waals surface area (Å²) < 4.78 is 5.27. The molecule has 3 rings (SSSR count). The zero-order chi connectivity index (χ0) is 17.0. The van der Waals surface area contributed by atoms with Gasteiger partial charge in [0.2, 0.25) is 5.91 Å². The molecule has 1 amide bonds. The highest BCUT2D eigenvalue weighted by atomic mass is 16.5. The van der Waals surface area contributed by atoms with Crippen molar-refractivity contribution in [2.75, 3.05) is 26.8 Å². The molecule has 0 spiro atoms. The van der Waals surface area contributed by atoms with Crippen molar-refractivity contribution in [3.8, 4) is 5.75 Å². The van der Waals surface area contributed by atoms with Crippen molar-refractivity contribution in [2.45, 2.75) is 50.4 Å². The van der Waals surface area contributed by atoms with Crippen molar-refractivity contribution in [3.63, 3.8) is 0 Å². The number of amides is 1. The van der Waals surface area contributed by atoms with E-state index in [9.17, 15) is 9.90 Å². The third-order valence-corrected chi connectivity index (χ3v) is 5.82. The molecule has 1 heterocycles. The molecule has 4 heteroatoms. The van der Waals surface area contributed by atoms with Crippen LogP contribution in [0.15, 0.2) is 24.3 Å². The number of aliphatic hydroxyl groups excluding tert-OH is 1. The highest BCUT2D eigenvalue weighted by Gasteiger charge is 2.44. The minimum Gasteiger partial charge on any atom is -0.497 e. The van der Waals surface area contributed by atoms with Gasteiger partial charge in [0.05, 0.1) is 12.5 Å². The van der Waals surface area contributed by atoms with Crippen molar-refractivity contribution >= 4 is 5.91 Å². The van der Waals surface area contributed by atoms with Gasteiger partial charge < -0.3 is 14.7 Å².